The van der Waals surface area contributed by atoms with Crippen LogP contribution in [0.2, 0.25) is 26.2 Å². The summed E-state index contributed by atoms with van der Waals surface area (Å²) < 4.78 is 11.6. The first kappa shape index (κ1) is 17.9. The van der Waals surface area contributed by atoms with Crippen LogP contribution in [-0.2, 0) is 8.85 Å². The lowest BCUT2D eigenvalue weighted by Crippen LogP contribution is -2.34. The zero-order chi connectivity index (χ0) is 13.4. The maximum Gasteiger partial charge on any atom is 0.201 e. The van der Waals surface area contributed by atoms with Crippen LogP contribution < -0.4 is 0 Å². The van der Waals surface area contributed by atoms with E-state index >= 15 is 0 Å². The minimum absolute atomic E-state index is 0.672. The van der Waals surface area contributed by atoms with Crippen molar-refractivity contribution in [3.8, 4) is 0 Å². The highest BCUT2D eigenvalue weighted by Crippen LogP contribution is 2.10. The van der Waals surface area contributed by atoms with E-state index in [1.54, 1.807) is 0 Å². The third kappa shape index (κ3) is 10.5. The van der Waals surface area contributed by atoms with Gasteiger partial charge in [-0.1, -0.05) is 0 Å². The first-order valence-corrected chi connectivity index (χ1v) is 13.5. The summed E-state index contributed by atoms with van der Waals surface area (Å²) in [5.74, 6) is 0. The summed E-state index contributed by atoms with van der Waals surface area (Å²) >= 11 is 11.7. The number of alkyl halides is 2. The second-order valence-electron chi connectivity index (χ2n) is 5.54. The minimum atomic E-state index is -1.56. The van der Waals surface area contributed by atoms with Crippen LogP contribution in [0.5, 0.6) is 0 Å². The van der Waals surface area contributed by atoms with Crippen molar-refractivity contribution in [3.63, 3.8) is 0 Å². The fraction of sp³-hybridized carbons (Fsp3) is 1.00. The minimum Gasteiger partial charge on any atom is -0.416 e. The second kappa shape index (κ2) is 8.94. The van der Waals surface area contributed by atoms with E-state index in [0.717, 1.165) is 32.5 Å². The molecule has 0 rings (SSSR count). The number of rotatable bonds is 10. The van der Waals surface area contributed by atoms with Crippen LogP contribution in [0.3, 0.4) is 0 Å². The van der Waals surface area contributed by atoms with Crippen molar-refractivity contribution in [2.45, 2.75) is 45.5 Å². The van der Waals surface area contributed by atoms with Crippen molar-refractivity contribution >= 4 is 39.8 Å². The van der Waals surface area contributed by atoms with E-state index in [4.69, 9.17) is 32.1 Å². The van der Waals surface area contributed by atoms with E-state index in [9.17, 15) is 0 Å². The Bertz CT molecular complexity index is 182. The molecule has 0 heterocycles. The summed E-state index contributed by atoms with van der Waals surface area (Å²) in [6, 6.07) is 0. The van der Waals surface area contributed by atoms with Crippen LogP contribution in [0.15, 0.2) is 0 Å². The van der Waals surface area contributed by atoms with E-state index in [0.29, 0.717) is 11.0 Å². The molecule has 0 unspecified atom stereocenters. The molecule has 0 aliphatic heterocycles. The Morgan fingerprint density at radius 3 is 1.35 bits per heavy atom. The van der Waals surface area contributed by atoms with Gasteiger partial charge >= 0.3 is 0 Å². The monoisotopic (exact) mass is 316 g/mol. The van der Waals surface area contributed by atoms with Gasteiger partial charge < -0.3 is 8.85 Å². The lowest BCUT2D eigenvalue weighted by Gasteiger charge is -2.20. The molecule has 0 radical (unpaired) electrons. The molecule has 2 nitrogen and oxygen atoms in total. The van der Waals surface area contributed by atoms with Gasteiger partial charge in [-0.2, -0.15) is 0 Å². The number of unbranched alkanes of at least 4 members (excludes halogenated alkanes) is 2. The van der Waals surface area contributed by atoms with Crippen LogP contribution in [0, 0.1) is 0 Å². The molecular formula is C11H26Cl2O2Si2. The molecule has 17 heavy (non-hydrogen) atoms. The van der Waals surface area contributed by atoms with Gasteiger partial charge in [-0.25, -0.2) is 0 Å². The van der Waals surface area contributed by atoms with Gasteiger partial charge in [0.15, 0.2) is 0 Å². The van der Waals surface area contributed by atoms with E-state index < -0.39 is 16.6 Å². The number of hydrogen-bond acceptors (Lipinski definition) is 2. The van der Waals surface area contributed by atoms with E-state index in [1.807, 2.05) is 0 Å². The summed E-state index contributed by atoms with van der Waals surface area (Å²) in [4.78, 5) is 0. The fourth-order valence-corrected chi connectivity index (χ4v) is 3.17. The topological polar surface area (TPSA) is 18.5 Å². The Labute approximate surface area is 118 Å². The van der Waals surface area contributed by atoms with E-state index in [1.165, 1.54) is 0 Å². The van der Waals surface area contributed by atoms with Gasteiger partial charge in [0, 0.05) is 24.2 Å². The van der Waals surface area contributed by atoms with Crippen molar-refractivity contribution in [2.75, 3.05) is 24.2 Å². The molecule has 0 amide bonds. The molecule has 0 atom stereocenters. The van der Waals surface area contributed by atoms with Crippen LogP contribution >= 0.6 is 23.2 Å². The molecule has 0 aromatic heterocycles. The molecule has 0 fully saturated rings. The van der Waals surface area contributed by atoms with Crippen LogP contribution in [0.4, 0.5) is 0 Å². The van der Waals surface area contributed by atoms with Gasteiger partial charge in [0.1, 0.15) is 0 Å². The summed E-state index contributed by atoms with van der Waals surface area (Å²) in [6.45, 7) is 10.3. The SMILES string of the molecule is C[Si](C)(CCl)OCCCCCO[Si](C)(C)CCl. The highest BCUT2D eigenvalue weighted by atomic mass is 35.5. The van der Waals surface area contributed by atoms with Crippen molar-refractivity contribution < 1.29 is 8.85 Å². The smallest absolute Gasteiger partial charge is 0.201 e. The average Bonchev–Trinajstić information content (AvgIpc) is 2.27. The third-order valence-electron chi connectivity index (χ3n) is 2.42. The quantitative estimate of drug-likeness (QED) is 0.342. The first-order valence-electron chi connectivity index (χ1n) is 6.23. The molecular weight excluding hydrogens is 291 g/mol. The molecule has 0 N–H and O–H groups in total. The lowest BCUT2D eigenvalue weighted by molar-refractivity contribution is 0.272. The van der Waals surface area contributed by atoms with Crippen molar-refractivity contribution in [2.24, 2.45) is 0 Å². The Morgan fingerprint density at radius 2 is 1.06 bits per heavy atom. The molecule has 104 valence electrons. The predicted molar refractivity (Wildman–Crippen MR) is 82.2 cm³/mol. The molecule has 0 aliphatic rings. The number of halogens is 2. The molecule has 0 saturated carbocycles. The van der Waals surface area contributed by atoms with Crippen LogP contribution in [0.1, 0.15) is 19.3 Å². The molecule has 0 saturated heterocycles. The normalized spacial score (nSPS) is 13.1. The van der Waals surface area contributed by atoms with Gasteiger partial charge in [-0.15, -0.1) is 23.2 Å². The van der Waals surface area contributed by atoms with Crippen LogP contribution in [-0.4, -0.2) is 40.9 Å². The van der Waals surface area contributed by atoms with Gasteiger partial charge in [0.05, 0.1) is 0 Å². The average molecular weight is 317 g/mol. The van der Waals surface area contributed by atoms with Crippen molar-refractivity contribution in [3.05, 3.63) is 0 Å². The summed E-state index contributed by atoms with van der Waals surface area (Å²) in [7, 11) is -3.12. The van der Waals surface area contributed by atoms with Crippen molar-refractivity contribution in [1.82, 2.24) is 0 Å². The summed E-state index contributed by atoms with van der Waals surface area (Å²) in [6.07, 6.45) is 3.35. The van der Waals surface area contributed by atoms with Crippen LogP contribution in [0.25, 0.3) is 0 Å². The Hall–Kier alpha value is 0.934. The summed E-state index contributed by atoms with van der Waals surface area (Å²) in [5.41, 5.74) is 1.34. The Balaban J connectivity index is 3.36. The highest BCUT2D eigenvalue weighted by molar-refractivity contribution is 6.78. The molecule has 0 bridgehead atoms. The molecule has 0 aliphatic carbocycles. The lowest BCUT2D eigenvalue weighted by atomic mass is 10.2. The standard InChI is InChI=1S/C11H26Cl2O2Si2/c1-16(2,10-12)14-8-6-5-7-9-15-17(3,4)11-13/h5-11H2,1-4H3. The largest absolute Gasteiger partial charge is 0.416 e. The molecule has 0 aromatic carbocycles. The van der Waals surface area contributed by atoms with Gasteiger partial charge in [-0.05, 0) is 45.5 Å². The fourth-order valence-electron chi connectivity index (χ4n) is 1.15. The third-order valence-corrected chi connectivity index (χ3v) is 9.54. The maximum atomic E-state index is 5.83. The zero-order valence-corrected chi connectivity index (χ0v) is 15.0. The maximum absolute atomic E-state index is 5.83. The number of hydrogen-bond donors (Lipinski definition) is 0. The first-order chi connectivity index (χ1) is 7.83. The Morgan fingerprint density at radius 1 is 0.706 bits per heavy atom. The zero-order valence-electron chi connectivity index (χ0n) is 11.5. The van der Waals surface area contributed by atoms with Gasteiger partial charge in [-0.3, -0.25) is 0 Å². The Kier molecular flexibility index (Phi) is 9.43. The van der Waals surface area contributed by atoms with Gasteiger partial charge in [0.25, 0.3) is 0 Å². The molecule has 0 spiro atoms. The van der Waals surface area contributed by atoms with Gasteiger partial charge in [0.2, 0.25) is 16.6 Å². The second-order valence-corrected chi connectivity index (χ2v) is 15.3. The summed E-state index contributed by atoms with van der Waals surface area (Å²) in [5, 5.41) is 0. The predicted octanol–water partition coefficient (Wildman–Crippen LogP) is 4.16. The van der Waals surface area contributed by atoms with E-state index in [-0.39, 0.29) is 0 Å². The highest BCUT2D eigenvalue weighted by Gasteiger charge is 2.21. The molecule has 0 aromatic rings. The van der Waals surface area contributed by atoms with E-state index in [2.05, 4.69) is 26.2 Å². The molecule has 6 heteroatoms. The van der Waals surface area contributed by atoms with Crippen molar-refractivity contribution in [1.29, 1.82) is 0 Å².